The Labute approximate surface area is 256 Å². The summed E-state index contributed by atoms with van der Waals surface area (Å²) in [7, 11) is 0. The molecule has 0 unspecified atom stereocenters. The van der Waals surface area contributed by atoms with E-state index in [1.807, 2.05) is 48.5 Å². The van der Waals surface area contributed by atoms with Crippen molar-refractivity contribution in [3.63, 3.8) is 0 Å². The van der Waals surface area contributed by atoms with Crippen molar-refractivity contribution < 1.29 is 8.83 Å². The van der Waals surface area contributed by atoms with Crippen molar-refractivity contribution >= 4 is 65.8 Å². The van der Waals surface area contributed by atoms with E-state index in [4.69, 9.17) is 18.8 Å². The number of para-hydroxylation sites is 3. The lowest BCUT2D eigenvalue weighted by Gasteiger charge is -2.10. The second-order valence-electron chi connectivity index (χ2n) is 11.4. The average Bonchev–Trinajstić information content (AvgIpc) is 3.77. The van der Waals surface area contributed by atoms with Gasteiger partial charge in [0.05, 0.1) is 27.5 Å². The lowest BCUT2D eigenvalue weighted by molar-refractivity contribution is 0.653. The van der Waals surface area contributed by atoms with Crippen molar-refractivity contribution in [2.75, 3.05) is 0 Å². The Morgan fingerprint density at radius 1 is 0.444 bits per heavy atom. The highest BCUT2D eigenvalue weighted by atomic mass is 16.3. The third-order valence-electron chi connectivity index (χ3n) is 8.85. The highest BCUT2D eigenvalue weighted by Crippen LogP contribution is 2.41. The van der Waals surface area contributed by atoms with Crippen molar-refractivity contribution in [3.8, 4) is 28.3 Å². The molecule has 0 fully saturated rings. The predicted molar refractivity (Wildman–Crippen MR) is 182 cm³/mol. The van der Waals surface area contributed by atoms with Crippen LogP contribution < -0.4 is 0 Å². The Morgan fingerprint density at radius 2 is 1.13 bits per heavy atom. The first kappa shape index (κ1) is 24.3. The second-order valence-corrected chi connectivity index (χ2v) is 11.4. The third kappa shape index (κ3) is 3.49. The second kappa shape index (κ2) is 9.15. The Hall–Kier alpha value is -6.20. The molecule has 0 saturated heterocycles. The van der Waals surface area contributed by atoms with Gasteiger partial charge < -0.3 is 13.4 Å². The number of furan rings is 2. The summed E-state index contributed by atoms with van der Waals surface area (Å²) in [5, 5.41) is 6.48. The molecular formula is C40H23N3O2. The van der Waals surface area contributed by atoms with Crippen LogP contribution in [0.2, 0.25) is 0 Å². The topological polar surface area (TPSA) is 57.0 Å². The monoisotopic (exact) mass is 577 g/mol. The number of fused-ring (bicyclic) bond motifs is 10. The molecule has 6 aromatic carbocycles. The highest BCUT2D eigenvalue weighted by molar-refractivity contribution is 6.23. The van der Waals surface area contributed by atoms with E-state index in [2.05, 4.69) is 95.6 Å². The molecule has 0 saturated carbocycles. The maximum Gasteiger partial charge on any atom is 0.231 e. The van der Waals surface area contributed by atoms with Gasteiger partial charge in [0.25, 0.3) is 0 Å². The molecule has 4 heterocycles. The number of hydrogen-bond donors (Lipinski definition) is 0. The normalized spacial score (nSPS) is 12.0. The zero-order chi connectivity index (χ0) is 29.5. The summed E-state index contributed by atoms with van der Waals surface area (Å²) in [6.07, 6.45) is 0. The summed E-state index contributed by atoms with van der Waals surface area (Å²) in [5.74, 6) is 0.623. The average molecular weight is 578 g/mol. The van der Waals surface area contributed by atoms with Crippen molar-refractivity contribution in [1.29, 1.82) is 0 Å². The van der Waals surface area contributed by atoms with E-state index in [0.29, 0.717) is 11.5 Å². The number of aromatic nitrogens is 3. The SMILES string of the molecule is c1ccc(-c2nc(-c3ccc(-n4c5ccccc5c5c6oc7ccccc7c6ccc54)cc3)nc3oc4ccccc4c23)cc1. The van der Waals surface area contributed by atoms with Crippen LogP contribution in [0.25, 0.3) is 94.1 Å². The molecule has 0 aliphatic heterocycles. The van der Waals surface area contributed by atoms with E-state index in [-0.39, 0.29) is 0 Å². The fraction of sp³-hybridized carbons (Fsp3) is 0. The highest BCUT2D eigenvalue weighted by Gasteiger charge is 2.20. The molecule has 0 atom stereocenters. The summed E-state index contributed by atoms with van der Waals surface area (Å²) in [6.45, 7) is 0. The van der Waals surface area contributed by atoms with Crippen LogP contribution in [0.1, 0.15) is 0 Å². The van der Waals surface area contributed by atoms with Crippen molar-refractivity contribution in [1.82, 2.24) is 14.5 Å². The molecule has 4 aromatic heterocycles. The molecule has 0 bridgehead atoms. The Morgan fingerprint density at radius 3 is 1.96 bits per heavy atom. The molecule has 5 nitrogen and oxygen atoms in total. The van der Waals surface area contributed by atoms with Crippen LogP contribution in [-0.2, 0) is 0 Å². The van der Waals surface area contributed by atoms with Gasteiger partial charge in [-0.25, -0.2) is 4.98 Å². The maximum atomic E-state index is 6.47. The molecule has 5 heteroatoms. The van der Waals surface area contributed by atoms with E-state index in [1.165, 1.54) is 0 Å². The molecule has 0 amide bonds. The minimum atomic E-state index is 0.585. The van der Waals surface area contributed by atoms with Crippen LogP contribution in [0.4, 0.5) is 0 Å². The minimum Gasteiger partial charge on any atom is -0.455 e. The standard InChI is InChI=1S/C40H23N3O2/c1-2-10-24(11-3-1)37-36-30-14-6-9-17-34(30)45-40(36)42-39(41-37)25-18-20-26(21-19-25)43-31-15-7-4-13-29(31)35-32(43)23-22-28-27-12-5-8-16-33(27)44-38(28)35/h1-23H. The van der Waals surface area contributed by atoms with Gasteiger partial charge >= 0.3 is 0 Å². The van der Waals surface area contributed by atoms with Gasteiger partial charge in [0.1, 0.15) is 16.7 Å². The van der Waals surface area contributed by atoms with E-state index in [0.717, 1.165) is 82.6 Å². The van der Waals surface area contributed by atoms with Gasteiger partial charge in [-0.3, -0.25) is 0 Å². The van der Waals surface area contributed by atoms with Gasteiger partial charge in [0, 0.05) is 38.4 Å². The smallest absolute Gasteiger partial charge is 0.231 e. The summed E-state index contributed by atoms with van der Waals surface area (Å²) in [5.41, 5.74) is 9.28. The first-order valence-corrected chi connectivity index (χ1v) is 15.0. The summed E-state index contributed by atoms with van der Waals surface area (Å²) in [6, 6.07) is 47.9. The lowest BCUT2D eigenvalue weighted by atomic mass is 10.1. The van der Waals surface area contributed by atoms with Crippen molar-refractivity contribution in [3.05, 3.63) is 140 Å². The molecule has 210 valence electrons. The van der Waals surface area contributed by atoms with Gasteiger partial charge in [-0.1, -0.05) is 84.9 Å². The summed E-state index contributed by atoms with van der Waals surface area (Å²) < 4.78 is 15.0. The van der Waals surface area contributed by atoms with Gasteiger partial charge in [0.2, 0.25) is 5.71 Å². The molecule has 0 aliphatic carbocycles. The zero-order valence-corrected chi connectivity index (χ0v) is 23.9. The summed E-state index contributed by atoms with van der Waals surface area (Å²) in [4.78, 5) is 10.0. The fourth-order valence-corrected chi connectivity index (χ4v) is 6.83. The fourth-order valence-electron chi connectivity index (χ4n) is 6.83. The molecule has 0 spiro atoms. The number of nitrogens with zero attached hydrogens (tertiary/aromatic N) is 3. The Kier molecular flexibility index (Phi) is 4.93. The van der Waals surface area contributed by atoms with Crippen LogP contribution in [-0.4, -0.2) is 14.5 Å². The number of benzene rings is 6. The predicted octanol–water partition coefficient (Wildman–Crippen LogP) is 10.7. The van der Waals surface area contributed by atoms with E-state index >= 15 is 0 Å². The van der Waals surface area contributed by atoms with Crippen molar-refractivity contribution in [2.24, 2.45) is 0 Å². The van der Waals surface area contributed by atoms with Crippen LogP contribution in [0, 0.1) is 0 Å². The van der Waals surface area contributed by atoms with Crippen LogP contribution >= 0.6 is 0 Å². The van der Waals surface area contributed by atoms with E-state index < -0.39 is 0 Å². The minimum absolute atomic E-state index is 0.585. The molecule has 0 N–H and O–H groups in total. The van der Waals surface area contributed by atoms with Crippen LogP contribution in [0.15, 0.2) is 148 Å². The number of hydrogen-bond acceptors (Lipinski definition) is 4. The lowest BCUT2D eigenvalue weighted by Crippen LogP contribution is -1.96. The van der Waals surface area contributed by atoms with Crippen molar-refractivity contribution in [2.45, 2.75) is 0 Å². The zero-order valence-electron chi connectivity index (χ0n) is 23.9. The van der Waals surface area contributed by atoms with Crippen LogP contribution in [0.3, 0.4) is 0 Å². The Balaban J connectivity index is 1.17. The Bertz CT molecular complexity index is 2750. The van der Waals surface area contributed by atoms with Crippen LogP contribution in [0.5, 0.6) is 0 Å². The first-order chi connectivity index (χ1) is 22.3. The largest absolute Gasteiger partial charge is 0.455 e. The van der Waals surface area contributed by atoms with Gasteiger partial charge in [-0.2, -0.15) is 4.98 Å². The van der Waals surface area contributed by atoms with Gasteiger partial charge in [0.15, 0.2) is 5.82 Å². The molecular weight excluding hydrogens is 554 g/mol. The molecule has 0 radical (unpaired) electrons. The van der Waals surface area contributed by atoms with Gasteiger partial charge in [-0.15, -0.1) is 0 Å². The molecule has 45 heavy (non-hydrogen) atoms. The number of rotatable bonds is 3. The first-order valence-electron chi connectivity index (χ1n) is 15.0. The molecule has 0 aliphatic rings. The molecule has 10 aromatic rings. The molecule has 10 rings (SSSR count). The maximum absolute atomic E-state index is 6.47. The third-order valence-corrected chi connectivity index (χ3v) is 8.85. The van der Waals surface area contributed by atoms with Gasteiger partial charge in [-0.05, 0) is 54.6 Å². The van der Waals surface area contributed by atoms with E-state index in [1.54, 1.807) is 0 Å². The summed E-state index contributed by atoms with van der Waals surface area (Å²) >= 11 is 0. The van der Waals surface area contributed by atoms with E-state index in [9.17, 15) is 0 Å². The quantitative estimate of drug-likeness (QED) is 0.210.